The van der Waals surface area contributed by atoms with E-state index in [0.717, 1.165) is 36.5 Å². The van der Waals surface area contributed by atoms with Gasteiger partial charge in [-0.3, -0.25) is 0 Å². The van der Waals surface area contributed by atoms with Crippen LogP contribution in [-0.2, 0) is 0 Å². The van der Waals surface area contributed by atoms with Crippen LogP contribution in [0.3, 0.4) is 0 Å². The Morgan fingerprint density at radius 2 is 2.05 bits per heavy atom. The van der Waals surface area contributed by atoms with Gasteiger partial charge < -0.3 is 20.9 Å². The van der Waals surface area contributed by atoms with Crippen molar-refractivity contribution in [3.8, 4) is 0 Å². The highest BCUT2D eigenvalue weighted by molar-refractivity contribution is 5.82. The number of anilines is 3. The summed E-state index contributed by atoms with van der Waals surface area (Å²) in [5, 5.41) is 7.79. The van der Waals surface area contributed by atoms with Gasteiger partial charge >= 0.3 is 0 Å². The van der Waals surface area contributed by atoms with Crippen molar-refractivity contribution in [3.05, 3.63) is 18.3 Å². The average Bonchev–Trinajstić information content (AvgIpc) is 2.71. The number of nitrogen functional groups attached to an aromatic ring is 1. The second-order valence-corrected chi connectivity index (χ2v) is 5.46. The highest BCUT2D eigenvalue weighted by Crippen LogP contribution is 2.25. The number of aromatic nitrogens is 2. The molecule has 0 radical (unpaired) electrons. The van der Waals surface area contributed by atoms with Crippen molar-refractivity contribution < 1.29 is 0 Å². The van der Waals surface area contributed by atoms with Crippen LogP contribution in [0.1, 0.15) is 6.42 Å². The third-order valence-corrected chi connectivity index (χ3v) is 3.25. The van der Waals surface area contributed by atoms with Gasteiger partial charge in [-0.2, -0.15) is 0 Å². The Kier molecular flexibility index (Phi) is 4.34. The zero-order valence-corrected chi connectivity index (χ0v) is 12.7. The summed E-state index contributed by atoms with van der Waals surface area (Å²) in [6.45, 7) is 1.91. The lowest BCUT2D eigenvalue weighted by molar-refractivity contribution is 0.405. The van der Waals surface area contributed by atoms with E-state index in [2.05, 4.69) is 34.3 Å². The summed E-state index contributed by atoms with van der Waals surface area (Å²) in [4.78, 5) is 4.22. The maximum absolute atomic E-state index is 6.18. The van der Waals surface area contributed by atoms with Gasteiger partial charge in [0.05, 0.1) is 5.52 Å². The van der Waals surface area contributed by atoms with Gasteiger partial charge in [-0.25, -0.2) is 4.52 Å². The minimum absolute atomic E-state index is 0.707. The predicted molar refractivity (Wildman–Crippen MR) is 85.6 cm³/mol. The zero-order valence-electron chi connectivity index (χ0n) is 12.7. The van der Waals surface area contributed by atoms with Crippen molar-refractivity contribution in [2.45, 2.75) is 6.42 Å². The predicted octanol–water partition coefficient (Wildman–Crippen LogP) is 1.35. The number of hydrogen-bond donors (Lipinski definition) is 2. The van der Waals surface area contributed by atoms with E-state index >= 15 is 0 Å². The van der Waals surface area contributed by atoms with Gasteiger partial charge in [0.1, 0.15) is 5.69 Å². The van der Waals surface area contributed by atoms with Crippen LogP contribution in [0.25, 0.3) is 5.52 Å². The Balaban J connectivity index is 2.12. The molecule has 110 valence electrons. The first-order valence-electron chi connectivity index (χ1n) is 6.83. The smallest absolute Gasteiger partial charge is 0.172 e. The first-order chi connectivity index (χ1) is 9.49. The van der Waals surface area contributed by atoms with Gasteiger partial charge in [0.2, 0.25) is 0 Å². The minimum Gasteiger partial charge on any atom is -0.394 e. The third kappa shape index (κ3) is 3.14. The molecule has 0 saturated heterocycles. The number of pyridine rings is 1. The molecule has 0 aliphatic rings. The molecule has 0 aliphatic heterocycles. The summed E-state index contributed by atoms with van der Waals surface area (Å²) in [6, 6.07) is 4.07. The molecule has 2 heterocycles. The van der Waals surface area contributed by atoms with Gasteiger partial charge in [0.25, 0.3) is 0 Å². The van der Waals surface area contributed by atoms with Crippen molar-refractivity contribution in [2.24, 2.45) is 0 Å². The maximum atomic E-state index is 6.18. The Morgan fingerprint density at radius 1 is 1.30 bits per heavy atom. The fourth-order valence-corrected chi connectivity index (χ4v) is 2.06. The Labute approximate surface area is 120 Å². The highest BCUT2D eigenvalue weighted by Gasteiger charge is 2.10. The topological polar surface area (TPSA) is 61.8 Å². The van der Waals surface area contributed by atoms with Crippen molar-refractivity contribution in [1.29, 1.82) is 0 Å². The number of hydrogen-bond acceptors (Lipinski definition) is 5. The quantitative estimate of drug-likeness (QED) is 0.780. The number of rotatable bonds is 6. The van der Waals surface area contributed by atoms with Crippen LogP contribution in [0.5, 0.6) is 0 Å². The number of nitrogens with one attached hydrogen (secondary N) is 1. The Hall–Kier alpha value is -1.95. The number of fused-ring (bicyclic) bond motifs is 1. The fraction of sp³-hybridized carbons (Fsp3) is 0.500. The summed E-state index contributed by atoms with van der Waals surface area (Å²) in [5.41, 5.74) is 8.93. The molecule has 0 atom stereocenters. The van der Waals surface area contributed by atoms with Crippen molar-refractivity contribution in [2.75, 3.05) is 57.2 Å². The summed E-state index contributed by atoms with van der Waals surface area (Å²) in [5.74, 6) is 0.764. The number of nitrogens with two attached hydrogens (primary N) is 1. The lowest BCUT2D eigenvalue weighted by Crippen LogP contribution is -2.16. The van der Waals surface area contributed by atoms with Gasteiger partial charge in [0.15, 0.2) is 5.82 Å². The van der Waals surface area contributed by atoms with E-state index in [1.54, 1.807) is 0 Å². The SMILES string of the molecule is CN(C)CCCNc1nn2ccc(N(C)C)cc2c1N. The first kappa shape index (κ1) is 14.5. The van der Waals surface area contributed by atoms with Crippen LogP contribution in [0, 0.1) is 0 Å². The molecular weight excluding hydrogens is 252 g/mol. The highest BCUT2D eigenvalue weighted by atomic mass is 15.3. The monoisotopic (exact) mass is 276 g/mol. The largest absolute Gasteiger partial charge is 0.394 e. The van der Waals surface area contributed by atoms with Crippen molar-refractivity contribution >= 4 is 22.7 Å². The first-order valence-corrected chi connectivity index (χ1v) is 6.83. The molecule has 0 unspecified atom stereocenters. The summed E-state index contributed by atoms with van der Waals surface area (Å²) < 4.78 is 1.82. The van der Waals surface area contributed by atoms with E-state index in [9.17, 15) is 0 Å². The van der Waals surface area contributed by atoms with Gasteiger partial charge in [-0.05, 0) is 39.2 Å². The van der Waals surface area contributed by atoms with E-state index in [-0.39, 0.29) is 0 Å². The third-order valence-electron chi connectivity index (χ3n) is 3.25. The molecule has 2 rings (SSSR count). The van der Waals surface area contributed by atoms with Crippen LogP contribution in [0.2, 0.25) is 0 Å². The maximum Gasteiger partial charge on any atom is 0.172 e. The molecule has 0 amide bonds. The zero-order chi connectivity index (χ0) is 14.7. The molecule has 0 bridgehead atoms. The molecule has 3 N–H and O–H groups in total. The number of nitrogens with zero attached hydrogens (tertiary/aromatic N) is 4. The average molecular weight is 276 g/mol. The normalized spacial score (nSPS) is 11.2. The van der Waals surface area contributed by atoms with Crippen LogP contribution in [-0.4, -0.2) is 55.8 Å². The lowest BCUT2D eigenvalue weighted by Gasteiger charge is -2.11. The molecule has 20 heavy (non-hydrogen) atoms. The summed E-state index contributed by atoms with van der Waals surface area (Å²) in [6.07, 6.45) is 3.00. The van der Waals surface area contributed by atoms with Crippen LogP contribution >= 0.6 is 0 Å². The molecule has 6 nitrogen and oxygen atoms in total. The molecule has 0 saturated carbocycles. The molecular formula is C14H24N6. The van der Waals surface area contributed by atoms with E-state index in [1.165, 1.54) is 0 Å². The lowest BCUT2D eigenvalue weighted by atomic mass is 10.3. The summed E-state index contributed by atoms with van der Waals surface area (Å²) in [7, 11) is 8.17. The van der Waals surface area contributed by atoms with E-state index < -0.39 is 0 Å². The molecule has 0 fully saturated rings. The molecule has 0 aliphatic carbocycles. The molecule has 0 spiro atoms. The van der Waals surface area contributed by atoms with E-state index in [4.69, 9.17) is 5.73 Å². The van der Waals surface area contributed by atoms with Crippen molar-refractivity contribution in [3.63, 3.8) is 0 Å². The van der Waals surface area contributed by atoms with Gasteiger partial charge in [-0.15, -0.1) is 5.10 Å². The summed E-state index contributed by atoms with van der Waals surface area (Å²) >= 11 is 0. The second-order valence-electron chi connectivity index (χ2n) is 5.46. The molecule has 6 heteroatoms. The second kappa shape index (κ2) is 6.00. The molecule has 2 aromatic rings. The van der Waals surface area contributed by atoms with Crippen molar-refractivity contribution in [1.82, 2.24) is 14.5 Å². The fourth-order valence-electron chi connectivity index (χ4n) is 2.06. The van der Waals surface area contributed by atoms with Crippen LogP contribution < -0.4 is 16.0 Å². The van der Waals surface area contributed by atoms with E-state index in [1.807, 2.05) is 36.9 Å². The van der Waals surface area contributed by atoms with E-state index in [0.29, 0.717) is 5.69 Å². The standard InChI is InChI=1S/C14H24N6/c1-18(2)8-5-7-16-14-13(15)12-10-11(19(3)4)6-9-20(12)17-14/h6,9-10H,5,7-8,15H2,1-4H3,(H,16,17). The van der Waals surface area contributed by atoms with Crippen LogP contribution in [0.15, 0.2) is 18.3 Å². The van der Waals surface area contributed by atoms with Gasteiger partial charge in [-0.1, -0.05) is 0 Å². The van der Waals surface area contributed by atoms with Gasteiger partial charge in [0, 0.05) is 32.5 Å². The Morgan fingerprint density at radius 3 is 2.70 bits per heavy atom. The Bertz CT molecular complexity index is 572. The van der Waals surface area contributed by atoms with Crippen LogP contribution in [0.4, 0.5) is 17.2 Å². The minimum atomic E-state index is 0.707. The molecule has 0 aromatic carbocycles. The molecule has 2 aromatic heterocycles.